The predicted molar refractivity (Wildman–Crippen MR) is 136 cm³/mol. The van der Waals surface area contributed by atoms with E-state index in [0.717, 1.165) is 48.9 Å². The van der Waals surface area contributed by atoms with Crippen molar-refractivity contribution in [3.63, 3.8) is 0 Å². The predicted octanol–water partition coefficient (Wildman–Crippen LogP) is 4.16. The number of amides is 1. The molecule has 32 heavy (non-hydrogen) atoms. The fourth-order valence-corrected chi connectivity index (χ4v) is 5.67. The summed E-state index contributed by atoms with van der Waals surface area (Å²) in [5.74, 6) is -0.128. The molecule has 6 nitrogen and oxygen atoms in total. The second kappa shape index (κ2) is 10.2. The summed E-state index contributed by atoms with van der Waals surface area (Å²) in [6, 6.07) is 8.00. The number of carbonyl (C=O) groups excluding carboxylic acids is 1. The van der Waals surface area contributed by atoms with Crippen LogP contribution in [-0.2, 0) is 16.6 Å². The highest BCUT2D eigenvalue weighted by atomic mass is 32.2. The summed E-state index contributed by atoms with van der Waals surface area (Å²) in [7, 11) is 1.79. The second-order valence-corrected chi connectivity index (χ2v) is 9.75. The van der Waals surface area contributed by atoms with Crippen molar-refractivity contribution in [1.82, 2.24) is 9.47 Å². The van der Waals surface area contributed by atoms with Crippen LogP contribution in [0.4, 0.5) is 5.69 Å². The minimum Gasteiger partial charge on any atom is -0.382 e. The average Bonchev–Trinajstić information content (AvgIpc) is 3.08. The summed E-state index contributed by atoms with van der Waals surface area (Å²) in [5.41, 5.74) is 2.32. The topological polar surface area (TPSA) is 54.8 Å². The normalized spacial score (nSPS) is 18.4. The van der Waals surface area contributed by atoms with E-state index >= 15 is 0 Å². The average molecular weight is 472 g/mol. The van der Waals surface area contributed by atoms with E-state index < -0.39 is 0 Å². The van der Waals surface area contributed by atoms with Gasteiger partial charge >= 0.3 is 0 Å². The van der Waals surface area contributed by atoms with Crippen LogP contribution in [-0.4, -0.2) is 52.5 Å². The van der Waals surface area contributed by atoms with Crippen molar-refractivity contribution in [2.45, 2.75) is 32.6 Å². The Bertz CT molecular complexity index is 1120. The number of fused-ring (bicyclic) bond motifs is 1. The van der Waals surface area contributed by atoms with Crippen molar-refractivity contribution in [1.29, 1.82) is 0 Å². The highest BCUT2D eigenvalue weighted by Crippen LogP contribution is 2.36. The number of thiocarbonyl (C=S) groups is 1. The van der Waals surface area contributed by atoms with Crippen molar-refractivity contribution in [3.05, 3.63) is 45.1 Å². The van der Waals surface area contributed by atoms with Crippen LogP contribution in [0.5, 0.6) is 0 Å². The lowest BCUT2D eigenvalue weighted by molar-refractivity contribution is -0.122. The van der Waals surface area contributed by atoms with Crippen molar-refractivity contribution < 1.29 is 9.53 Å². The van der Waals surface area contributed by atoms with Crippen LogP contribution in [0, 0.1) is 0 Å². The van der Waals surface area contributed by atoms with Gasteiger partial charge in [-0.2, -0.15) is 0 Å². The molecule has 0 saturated carbocycles. The maximum Gasteiger partial charge on any atom is 0.266 e. The lowest BCUT2D eigenvalue weighted by Crippen LogP contribution is -2.33. The molecule has 0 N–H and O–H groups in total. The molecule has 0 radical (unpaired) electrons. The number of carbonyl (C=O) groups is 1. The van der Waals surface area contributed by atoms with Gasteiger partial charge in [0.05, 0.1) is 21.7 Å². The first kappa shape index (κ1) is 23.0. The van der Waals surface area contributed by atoms with Gasteiger partial charge in [0.15, 0.2) is 0 Å². The first-order valence-corrected chi connectivity index (χ1v) is 12.4. The lowest BCUT2D eigenvalue weighted by Gasteiger charge is -2.31. The number of ether oxygens (including phenoxy) is 1. The number of hydrogen-bond donors (Lipinski definition) is 0. The number of thioether (sulfide) groups is 1. The molecule has 3 heterocycles. The van der Waals surface area contributed by atoms with Crippen molar-refractivity contribution >= 4 is 56.9 Å². The monoisotopic (exact) mass is 471 g/mol. The summed E-state index contributed by atoms with van der Waals surface area (Å²) in [5, 5.41) is 1.04. The van der Waals surface area contributed by atoms with Crippen LogP contribution < -0.4 is 10.5 Å². The maximum absolute atomic E-state index is 13.5. The second-order valence-electron chi connectivity index (χ2n) is 8.08. The van der Waals surface area contributed by atoms with E-state index in [2.05, 4.69) is 11.0 Å². The molecule has 1 aromatic carbocycles. The van der Waals surface area contributed by atoms with E-state index in [4.69, 9.17) is 17.0 Å². The molecule has 2 aliphatic rings. The standard InChI is InChI=1S/C24H29N3O3S2/c1-3-30-15-9-14-27-23(29)20(32-24(27)31)16-18-21(26-12-7-4-8-13-26)17-10-5-6-11-19(17)25(2)22(18)28/h5-6,10-11,16H,3-4,7-9,12-15H2,1-2H3. The van der Waals surface area contributed by atoms with E-state index in [-0.39, 0.29) is 11.5 Å². The van der Waals surface area contributed by atoms with Gasteiger partial charge < -0.3 is 14.2 Å². The first-order chi connectivity index (χ1) is 15.5. The number of pyridine rings is 1. The van der Waals surface area contributed by atoms with E-state index in [1.54, 1.807) is 22.6 Å². The smallest absolute Gasteiger partial charge is 0.266 e. The molecular weight excluding hydrogens is 442 g/mol. The summed E-state index contributed by atoms with van der Waals surface area (Å²) >= 11 is 6.75. The summed E-state index contributed by atoms with van der Waals surface area (Å²) in [6.45, 7) is 5.55. The molecule has 0 bridgehead atoms. The third-order valence-corrected chi connectivity index (χ3v) is 7.38. The Balaban J connectivity index is 1.76. The molecule has 0 spiro atoms. The van der Waals surface area contributed by atoms with Crippen LogP contribution in [0.15, 0.2) is 34.0 Å². The third-order valence-electron chi connectivity index (χ3n) is 6.01. The molecule has 0 unspecified atom stereocenters. The van der Waals surface area contributed by atoms with Crippen LogP contribution in [0.1, 0.15) is 38.2 Å². The van der Waals surface area contributed by atoms with Gasteiger partial charge in [0, 0.05) is 45.3 Å². The van der Waals surface area contributed by atoms with Crippen LogP contribution in [0.3, 0.4) is 0 Å². The minimum atomic E-state index is -0.128. The Hall–Kier alpha value is -2.16. The highest BCUT2D eigenvalue weighted by Gasteiger charge is 2.32. The van der Waals surface area contributed by atoms with Crippen molar-refractivity contribution in [2.75, 3.05) is 37.7 Å². The van der Waals surface area contributed by atoms with Gasteiger partial charge in [-0.25, -0.2) is 0 Å². The van der Waals surface area contributed by atoms with Crippen molar-refractivity contribution in [3.8, 4) is 0 Å². The molecular formula is C24H29N3O3S2. The Morgan fingerprint density at radius 1 is 1.16 bits per heavy atom. The largest absolute Gasteiger partial charge is 0.382 e. The van der Waals surface area contributed by atoms with Crippen LogP contribution in [0.2, 0.25) is 0 Å². The zero-order valence-corrected chi connectivity index (χ0v) is 20.3. The Morgan fingerprint density at radius 2 is 1.91 bits per heavy atom. The number of hydrogen-bond acceptors (Lipinski definition) is 6. The third kappa shape index (κ3) is 4.49. The van der Waals surface area contributed by atoms with Gasteiger partial charge in [0.1, 0.15) is 4.32 Å². The van der Waals surface area contributed by atoms with E-state index in [1.807, 2.05) is 25.1 Å². The quantitative estimate of drug-likeness (QED) is 0.343. The van der Waals surface area contributed by atoms with Crippen molar-refractivity contribution in [2.24, 2.45) is 7.05 Å². The lowest BCUT2D eigenvalue weighted by atomic mass is 10.0. The molecule has 170 valence electrons. The molecule has 2 aliphatic heterocycles. The molecule has 1 amide bonds. The van der Waals surface area contributed by atoms with E-state index in [1.165, 1.54) is 18.2 Å². The zero-order chi connectivity index (χ0) is 22.7. The number of benzene rings is 1. The van der Waals surface area contributed by atoms with Crippen LogP contribution in [0.25, 0.3) is 17.0 Å². The van der Waals surface area contributed by atoms with Gasteiger partial charge in [-0.3, -0.25) is 14.5 Å². The number of piperidine rings is 1. The SMILES string of the molecule is CCOCCCN1C(=O)C(=Cc2c(N3CCCCC3)c3ccccc3n(C)c2=O)SC1=S. The van der Waals surface area contributed by atoms with Gasteiger partial charge in [-0.1, -0.05) is 42.2 Å². The van der Waals surface area contributed by atoms with Gasteiger partial charge in [0.25, 0.3) is 11.5 Å². The van der Waals surface area contributed by atoms with Gasteiger partial charge in [-0.15, -0.1) is 0 Å². The summed E-state index contributed by atoms with van der Waals surface area (Å²) < 4.78 is 7.60. The Kier molecular flexibility index (Phi) is 7.33. The zero-order valence-electron chi connectivity index (χ0n) is 18.6. The van der Waals surface area contributed by atoms with Gasteiger partial charge in [-0.05, 0) is 44.7 Å². The van der Waals surface area contributed by atoms with E-state index in [9.17, 15) is 9.59 Å². The minimum absolute atomic E-state index is 0.0918. The number of para-hydroxylation sites is 1. The molecule has 2 fully saturated rings. The number of anilines is 1. The number of aromatic nitrogens is 1. The highest BCUT2D eigenvalue weighted by molar-refractivity contribution is 8.26. The number of nitrogens with zero attached hydrogens (tertiary/aromatic N) is 3. The fourth-order valence-electron chi connectivity index (χ4n) is 4.38. The molecule has 2 saturated heterocycles. The molecule has 0 aliphatic carbocycles. The molecule has 1 aromatic heterocycles. The molecule has 2 aromatic rings. The first-order valence-electron chi connectivity index (χ1n) is 11.2. The molecule has 4 rings (SSSR count). The van der Waals surface area contributed by atoms with Gasteiger partial charge in [0.2, 0.25) is 0 Å². The fraction of sp³-hybridized carbons (Fsp3) is 0.458. The number of rotatable bonds is 7. The van der Waals surface area contributed by atoms with Crippen LogP contribution >= 0.6 is 24.0 Å². The molecule has 0 atom stereocenters. The van der Waals surface area contributed by atoms with E-state index in [0.29, 0.717) is 34.5 Å². The summed E-state index contributed by atoms with van der Waals surface area (Å²) in [6.07, 6.45) is 5.90. The number of aryl methyl sites for hydroxylation is 1. The summed E-state index contributed by atoms with van der Waals surface area (Å²) in [4.78, 5) is 31.0. The maximum atomic E-state index is 13.5. The Morgan fingerprint density at radius 3 is 2.66 bits per heavy atom. The Labute approximate surface area is 198 Å². The molecule has 8 heteroatoms.